The molecule has 0 spiro atoms. The van der Waals surface area contributed by atoms with E-state index < -0.39 is 0 Å². The Morgan fingerprint density at radius 1 is 1.13 bits per heavy atom. The Labute approximate surface area is 177 Å². The number of nitrogens with one attached hydrogen (secondary N) is 1. The summed E-state index contributed by atoms with van der Waals surface area (Å²) in [4.78, 5) is 31.5. The number of furan rings is 1. The Balaban J connectivity index is 1.21. The normalized spacial score (nSPS) is 20.8. The van der Waals surface area contributed by atoms with E-state index >= 15 is 0 Å². The van der Waals surface area contributed by atoms with Crippen LogP contribution < -0.4 is 5.32 Å². The molecule has 7 heteroatoms. The molecule has 1 saturated carbocycles. The van der Waals surface area contributed by atoms with Gasteiger partial charge in [0, 0.05) is 62.3 Å². The third kappa shape index (κ3) is 3.61. The first-order valence-electron chi connectivity index (χ1n) is 11.1. The summed E-state index contributed by atoms with van der Waals surface area (Å²) in [6.07, 6.45) is 4.87. The van der Waals surface area contributed by atoms with Crippen molar-refractivity contribution in [2.24, 2.45) is 0 Å². The number of carbonyl (C=O) groups excluding carboxylic acids is 2. The van der Waals surface area contributed by atoms with E-state index in [0.29, 0.717) is 18.7 Å². The number of piperazine rings is 1. The van der Waals surface area contributed by atoms with Crippen LogP contribution in [0.15, 0.2) is 22.6 Å². The predicted molar refractivity (Wildman–Crippen MR) is 114 cm³/mol. The van der Waals surface area contributed by atoms with E-state index in [2.05, 4.69) is 15.1 Å². The highest BCUT2D eigenvalue weighted by molar-refractivity contribution is 5.98. The summed E-state index contributed by atoms with van der Waals surface area (Å²) in [5.41, 5.74) is 2.57. The molecule has 0 radical (unpaired) electrons. The van der Waals surface area contributed by atoms with E-state index in [1.807, 2.05) is 23.1 Å². The second-order valence-corrected chi connectivity index (χ2v) is 8.76. The Hall–Kier alpha value is -2.38. The molecular formula is C23H30N4O3. The van der Waals surface area contributed by atoms with Gasteiger partial charge < -0.3 is 14.6 Å². The van der Waals surface area contributed by atoms with Crippen molar-refractivity contribution < 1.29 is 14.0 Å². The maximum absolute atomic E-state index is 12.9. The van der Waals surface area contributed by atoms with Gasteiger partial charge in [-0.15, -0.1) is 0 Å². The molecule has 0 unspecified atom stereocenters. The van der Waals surface area contributed by atoms with E-state index in [-0.39, 0.29) is 11.8 Å². The van der Waals surface area contributed by atoms with Crippen molar-refractivity contribution in [3.63, 3.8) is 0 Å². The van der Waals surface area contributed by atoms with Crippen molar-refractivity contribution in [1.29, 1.82) is 0 Å². The molecule has 5 rings (SSSR count). The highest BCUT2D eigenvalue weighted by atomic mass is 16.3. The Morgan fingerprint density at radius 3 is 2.63 bits per heavy atom. The Morgan fingerprint density at radius 2 is 1.93 bits per heavy atom. The zero-order chi connectivity index (χ0) is 20.7. The van der Waals surface area contributed by atoms with Gasteiger partial charge in [-0.1, -0.05) is 12.5 Å². The summed E-state index contributed by atoms with van der Waals surface area (Å²) < 4.78 is 6.09. The molecule has 0 atom stereocenters. The molecule has 1 saturated heterocycles. The highest BCUT2D eigenvalue weighted by Gasteiger charge is 2.31. The molecule has 7 nitrogen and oxygen atoms in total. The van der Waals surface area contributed by atoms with Crippen LogP contribution in [0.1, 0.15) is 40.9 Å². The van der Waals surface area contributed by atoms with Crippen LogP contribution in [-0.4, -0.2) is 78.9 Å². The molecule has 3 heterocycles. The van der Waals surface area contributed by atoms with Crippen molar-refractivity contribution in [2.45, 2.75) is 38.3 Å². The standard InChI is InChI=1S/C23H30N4O3/c1-24-23(29)16-5-6-18-19-7-8-25(14-21(19)30-20(18)13-16)15-22(28)27-11-9-26(10-12-27)17-3-2-4-17/h5-6,13,17H,2-4,7-12,14-15H2,1H3,(H,24,29). The lowest BCUT2D eigenvalue weighted by Gasteiger charge is -2.43. The predicted octanol–water partition coefficient (Wildman–Crippen LogP) is 1.85. The van der Waals surface area contributed by atoms with Gasteiger partial charge in [0.05, 0.1) is 13.1 Å². The molecule has 1 aromatic carbocycles. The smallest absolute Gasteiger partial charge is 0.251 e. The number of carbonyl (C=O) groups is 2. The monoisotopic (exact) mass is 410 g/mol. The second kappa shape index (κ2) is 8.04. The van der Waals surface area contributed by atoms with Crippen molar-refractivity contribution in [3.05, 3.63) is 35.1 Å². The number of nitrogens with zero attached hydrogens (tertiary/aromatic N) is 3. The van der Waals surface area contributed by atoms with Gasteiger partial charge in [-0.25, -0.2) is 0 Å². The molecule has 1 aliphatic carbocycles. The Kier molecular flexibility index (Phi) is 5.25. The maximum Gasteiger partial charge on any atom is 0.251 e. The summed E-state index contributed by atoms with van der Waals surface area (Å²) in [5.74, 6) is 1.04. The summed E-state index contributed by atoms with van der Waals surface area (Å²) in [5, 5.41) is 3.73. The third-order valence-corrected chi connectivity index (χ3v) is 7.03. The molecule has 2 aromatic rings. The van der Waals surface area contributed by atoms with Crippen LogP contribution in [0.25, 0.3) is 11.0 Å². The van der Waals surface area contributed by atoms with Crippen molar-refractivity contribution in [1.82, 2.24) is 20.0 Å². The summed E-state index contributed by atoms with van der Waals surface area (Å²) in [7, 11) is 1.63. The summed E-state index contributed by atoms with van der Waals surface area (Å²) in [6.45, 7) is 5.67. The van der Waals surface area contributed by atoms with Crippen molar-refractivity contribution in [2.75, 3.05) is 46.3 Å². The van der Waals surface area contributed by atoms with E-state index in [0.717, 1.165) is 61.9 Å². The van der Waals surface area contributed by atoms with Crippen LogP contribution in [0.5, 0.6) is 0 Å². The van der Waals surface area contributed by atoms with E-state index in [9.17, 15) is 9.59 Å². The number of hydrogen-bond donors (Lipinski definition) is 1. The molecule has 2 aliphatic heterocycles. The van der Waals surface area contributed by atoms with Crippen LogP contribution in [0, 0.1) is 0 Å². The van der Waals surface area contributed by atoms with Gasteiger partial charge in [0.1, 0.15) is 11.3 Å². The zero-order valence-electron chi connectivity index (χ0n) is 17.7. The lowest BCUT2D eigenvalue weighted by Crippen LogP contribution is -2.55. The van der Waals surface area contributed by atoms with E-state index in [1.54, 1.807) is 7.05 Å². The number of amides is 2. The molecule has 2 amide bonds. The maximum atomic E-state index is 12.9. The van der Waals surface area contributed by atoms with Gasteiger partial charge in [0.25, 0.3) is 5.91 Å². The minimum absolute atomic E-state index is 0.115. The van der Waals surface area contributed by atoms with Crippen molar-refractivity contribution in [3.8, 4) is 0 Å². The summed E-state index contributed by atoms with van der Waals surface area (Å²) >= 11 is 0. The van der Waals surface area contributed by atoms with E-state index in [1.165, 1.54) is 24.8 Å². The largest absolute Gasteiger partial charge is 0.459 e. The van der Waals surface area contributed by atoms with Gasteiger partial charge >= 0.3 is 0 Å². The van der Waals surface area contributed by atoms with Gasteiger partial charge in [-0.2, -0.15) is 0 Å². The van der Waals surface area contributed by atoms with Gasteiger partial charge in [0.15, 0.2) is 0 Å². The molecule has 1 N–H and O–H groups in total. The topological polar surface area (TPSA) is 69.0 Å². The van der Waals surface area contributed by atoms with Crippen LogP contribution in [-0.2, 0) is 17.8 Å². The minimum atomic E-state index is -0.115. The van der Waals surface area contributed by atoms with Gasteiger partial charge in [0.2, 0.25) is 5.91 Å². The van der Waals surface area contributed by atoms with Crippen LogP contribution >= 0.6 is 0 Å². The summed E-state index contributed by atoms with van der Waals surface area (Å²) in [6, 6.07) is 6.39. The van der Waals surface area contributed by atoms with Crippen molar-refractivity contribution >= 4 is 22.8 Å². The third-order valence-electron chi connectivity index (χ3n) is 7.03. The minimum Gasteiger partial charge on any atom is -0.459 e. The molecule has 160 valence electrons. The first-order chi connectivity index (χ1) is 14.6. The fourth-order valence-corrected chi connectivity index (χ4v) is 4.95. The molecule has 3 aliphatic rings. The van der Waals surface area contributed by atoms with Crippen LogP contribution in [0.2, 0.25) is 0 Å². The molecule has 1 aromatic heterocycles. The SMILES string of the molecule is CNC(=O)c1ccc2c3c(oc2c1)CN(CC(=O)N1CCN(C2CCC2)CC1)CC3. The number of benzene rings is 1. The fourth-order valence-electron chi connectivity index (χ4n) is 4.95. The highest BCUT2D eigenvalue weighted by Crippen LogP contribution is 2.31. The quantitative estimate of drug-likeness (QED) is 0.833. The number of fused-ring (bicyclic) bond motifs is 3. The second-order valence-electron chi connectivity index (χ2n) is 8.76. The van der Waals surface area contributed by atoms with Gasteiger partial charge in [-0.05, 0) is 31.4 Å². The molecule has 30 heavy (non-hydrogen) atoms. The molecule has 0 bridgehead atoms. The average molecular weight is 411 g/mol. The van der Waals surface area contributed by atoms with Crippen LogP contribution in [0.3, 0.4) is 0 Å². The van der Waals surface area contributed by atoms with E-state index in [4.69, 9.17) is 4.42 Å². The number of hydrogen-bond acceptors (Lipinski definition) is 5. The van der Waals surface area contributed by atoms with Gasteiger partial charge in [-0.3, -0.25) is 19.4 Å². The average Bonchev–Trinajstić information content (AvgIpc) is 3.09. The molecular weight excluding hydrogens is 380 g/mol. The number of rotatable bonds is 4. The fraction of sp³-hybridized carbons (Fsp3) is 0.565. The Bertz CT molecular complexity index is 957. The van der Waals surface area contributed by atoms with Crippen LogP contribution in [0.4, 0.5) is 0 Å². The first kappa shape index (κ1) is 19.6. The molecule has 2 fully saturated rings. The first-order valence-corrected chi connectivity index (χ1v) is 11.1. The lowest BCUT2D eigenvalue weighted by atomic mass is 9.91. The zero-order valence-corrected chi connectivity index (χ0v) is 17.7. The lowest BCUT2D eigenvalue weighted by molar-refractivity contribution is -0.135.